The molecule has 2 N–H and O–H groups in total. The summed E-state index contributed by atoms with van der Waals surface area (Å²) in [6.07, 6.45) is 3.76. The number of aromatic nitrogens is 2. The zero-order valence-electron chi connectivity index (χ0n) is 12.2. The van der Waals surface area contributed by atoms with E-state index < -0.39 is 10.0 Å². The van der Waals surface area contributed by atoms with Crippen LogP contribution in [0.25, 0.3) is 10.8 Å². The second-order valence-corrected chi connectivity index (χ2v) is 6.68. The molecule has 22 heavy (non-hydrogen) atoms. The Kier molecular flexibility index (Phi) is 3.96. The zero-order chi connectivity index (χ0) is 15.6. The number of imidazole rings is 1. The van der Waals surface area contributed by atoms with Crippen LogP contribution >= 0.6 is 0 Å². The van der Waals surface area contributed by atoms with Crippen LogP contribution < -0.4 is 4.72 Å². The van der Waals surface area contributed by atoms with E-state index in [4.69, 9.17) is 0 Å². The molecule has 0 aliphatic heterocycles. The van der Waals surface area contributed by atoms with E-state index in [1.807, 2.05) is 24.3 Å². The smallest absolute Gasteiger partial charge is 0.274 e. The van der Waals surface area contributed by atoms with Crippen LogP contribution in [0.5, 0.6) is 0 Å². The van der Waals surface area contributed by atoms with Gasteiger partial charge in [0.15, 0.2) is 0 Å². The van der Waals surface area contributed by atoms with E-state index in [9.17, 15) is 8.42 Å². The largest absolute Gasteiger partial charge is 0.334 e. The topological polar surface area (TPSA) is 74.8 Å². The molecule has 1 heterocycles. The number of fused-ring (bicyclic) bond motifs is 1. The van der Waals surface area contributed by atoms with Crippen molar-refractivity contribution in [2.45, 2.75) is 25.0 Å². The van der Waals surface area contributed by atoms with Gasteiger partial charge in [-0.25, -0.2) is 18.1 Å². The van der Waals surface area contributed by atoms with Crippen molar-refractivity contribution >= 4 is 20.8 Å². The Bertz CT molecular complexity index is 887. The van der Waals surface area contributed by atoms with Gasteiger partial charge in [0.05, 0.1) is 0 Å². The molecule has 0 fully saturated rings. The molecule has 0 saturated carbocycles. The van der Waals surface area contributed by atoms with E-state index in [-0.39, 0.29) is 11.7 Å². The van der Waals surface area contributed by atoms with E-state index in [0.29, 0.717) is 0 Å². The molecule has 5 nitrogen and oxygen atoms in total. The summed E-state index contributed by atoms with van der Waals surface area (Å²) >= 11 is 0. The molecule has 0 amide bonds. The zero-order valence-corrected chi connectivity index (χ0v) is 13.0. The molecule has 0 unspecified atom stereocenters. The molecule has 0 aliphatic rings. The van der Waals surface area contributed by atoms with Crippen LogP contribution in [-0.2, 0) is 23.0 Å². The first kappa shape index (κ1) is 14.7. The molecular weight excluding hydrogens is 298 g/mol. The van der Waals surface area contributed by atoms with Crippen molar-refractivity contribution in [1.82, 2.24) is 14.7 Å². The third kappa shape index (κ3) is 2.75. The molecule has 114 valence electrons. The summed E-state index contributed by atoms with van der Waals surface area (Å²) in [6, 6.07) is 12.1. The number of H-pyrrole nitrogens is 1. The Hall–Kier alpha value is -2.18. The van der Waals surface area contributed by atoms with Crippen molar-refractivity contribution in [1.29, 1.82) is 0 Å². The standard InChI is InChI=1S/C16H17N3O2S/c1-2-12-7-8-13-5-3-4-6-14(13)15(12)11-19-22(20,21)16-17-9-10-18-16/h3-10,19H,2,11H2,1H3,(H,17,18). The number of aryl methyl sites for hydroxylation is 1. The first-order chi connectivity index (χ1) is 10.6. The van der Waals surface area contributed by atoms with Gasteiger partial charge < -0.3 is 4.98 Å². The molecule has 3 aromatic rings. The fourth-order valence-electron chi connectivity index (χ4n) is 2.55. The van der Waals surface area contributed by atoms with Gasteiger partial charge in [0.25, 0.3) is 10.0 Å². The van der Waals surface area contributed by atoms with Crippen molar-refractivity contribution in [2.24, 2.45) is 0 Å². The fraction of sp³-hybridized carbons (Fsp3) is 0.188. The van der Waals surface area contributed by atoms with E-state index in [1.165, 1.54) is 12.4 Å². The summed E-state index contributed by atoms with van der Waals surface area (Å²) in [5.41, 5.74) is 2.15. The number of sulfonamides is 1. The van der Waals surface area contributed by atoms with Gasteiger partial charge in [-0.2, -0.15) is 0 Å². The van der Waals surface area contributed by atoms with E-state index in [0.717, 1.165) is 28.3 Å². The van der Waals surface area contributed by atoms with Crippen LogP contribution in [0.4, 0.5) is 0 Å². The van der Waals surface area contributed by atoms with Crippen LogP contribution in [0.15, 0.2) is 53.9 Å². The maximum atomic E-state index is 12.2. The van der Waals surface area contributed by atoms with Gasteiger partial charge in [-0.3, -0.25) is 0 Å². The molecule has 0 aliphatic carbocycles. The van der Waals surface area contributed by atoms with Crippen molar-refractivity contribution < 1.29 is 8.42 Å². The predicted molar refractivity (Wildman–Crippen MR) is 85.9 cm³/mol. The lowest BCUT2D eigenvalue weighted by Gasteiger charge is -2.12. The van der Waals surface area contributed by atoms with Crippen molar-refractivity contribution in [3.8, 4) is 0 Å². The fourth-order valence-corrected chi connectivity index (χ4v) is 3.45. The Morgan fingerprint density at radius 1 is 1.18 bits per heavy atom. The van der Waals surface area contributed by atoms with Crippen LogP contribution in [0.3, 0.4) is 0 Å². The average Bonchev–Trinajstić information content (AvgIpc) is 3.07. The maximum absolute atomic E-state index is 12.2. The molecule has 0 saturated heterocycles. The van der Waals surface area contributed by atoms with Crippen molar-refractivity contribution in [3.63, 3.8) is 0 Å². The van der Waals surface area contributed by atoms with Crippen molar-refractivity contribution in [2.75, 3.05) is 0 Å². The number of nitrogens with one attached hydrogen (secondary N) is 2. The van der Waals surface area contributed by atoms with Gasteiger partial charge in [-0.05, 0) is 28.3 Å². The number of benzene rings is 2. The van der Waals surface area contributed by atoms with Gasteiger partial charge in [0, 0.05) is 18.9 Å². The molecule has 0 atom stereocenters. The Morgan fingerprint density at radius 2 is 2.00 bits per heavy atom. The molecular formula is C16H17N3O2S. The minimum absolute atomic E-state index is 0.0641. The second kappa shape index (κ2) is 5.90. The third-order valence-electron chi connectivity index (χ3n) is 3.69. The van der Waals surface area contributed by atoms with Crippen LogP contribution in [0, 0.1) is 0 Å². The molecule has 0 radical (unpaired) electrons. The summed E-state index contributed by atoms with van der Waals surface area (Å²) in [5.74, 6) is 0. The average molecular weight is 315 g/mol. The minimum atomic E-state index is -3.63. The summed E-state index contributed by atoms with van der Waals surface area (Å²) in [4.78, 5) is 6.42. The highest BCUT2D eigenvalue weighted by Crippen LogP contribution is 2.23. The molecule has 6 heteroatoms. The first-order valence-corrected chi connectivity index (χ1v) is 8.58. The highest BCUT2D eigenvalue weighted by molar-refractivity contribution is 7.89. The van der Waals surface area contributed by atoms with Crippen LogP contribution in [0.2, 0.25) is 0 Å². The summed E-state index contributed by atoms with van der Waals surface area (Å²) in [6.45, 7) is 2.31. The summed E-state index contributed by atoms with van der Waals surface area (Å²) in [7, 11) is -3.63. The minimum Gasteiger partial charge on any atom is -0.334 e. The molecule has 1 aromatic heterocycles. The Labute approximate surface area is 129 Å². The molecule has 2 aromatic carbocycles. The maximum Gasteiger partial charge on any atom is 0.274 e. The number of hydrogen-bond donors (Lipinski definition) is 2. The van der Waals surface area contributed by atoms with Crippen LogP contribution in [-0.4, -0.2) is 18.4 Å². The Morgan fingerprint density at radius 3 is 2.73 bits per heavy atom. The lowest BCUT2D eigenvalue weighted by molar-refractivity contribution is 0.573. The van der Waals surface area contributed by atoms with E-state index in [2.05, 4.69) is 33.7 Å². The molecule has 0 spiro atoms. The third-order valence-corrected chi connectivity index (χ3v) is 4.94. The van der Waals surface area contributed by atoms with Gasteiger partial charge in [-0.15, -0.1) is 0 Å². The monoisotopic (exact) mass is 315 g/mol. The van der Waals surface area contributed by atoms with E-state index in [1.54, 1.807) is 0 Å². The molecule has 3 rings (SSSR count). The van der Waals surface area contributed by atoms with Gasteiger partial charge in [0.1, 0.15) is 0 Å². The first-order valence-electron chi connectivity index (χ1n) is 7.10. The number of hydrogen-bond acceptors (Lipinski definition) is 3. The van der Waals surface area contributed by atoms with Crippen molar-refractivity contribution in [3.05, 3.63) is 59.9 Å². The van der Waals surface area contributed by atoms with E-state index >= 15 is 0 Å². The summed E-state index contributed by atoms with van der Waals surface area (Å²) < 4.78 is 27.0. The highest BCUT2D eigenvalue weighted by Gasteiger charge is 2.17. The molecule has 0 bridgehead atoms. The lowest BCUT2D eigenvalue weighted by atomic mass is 9.97. The van der Waals surface area contributed by atoms with Gasteiger partial charge in [0.2, 0.25) is 5.16 Å². The predicted octanol–water partition coefficient (Wildman–Crippen LogP) is 2.60. The second-order valence-electron chi connectivity index (χ2n) is 5.00. The van der Waals surface area contributed by atoms with Crippen LogP contribution in [0.1, 0.15) is 18.1 Å². The highest BCUT2D eigenvalue weighted by atomic mass is 32.2. The lowest BCUT2D eigenvalue weighted by Crippen LogP contribution is -2.25. The SMILES string of the molecule is CCc1ccc2ccccc2c1CNS(=O)(=O)c1ncc[nH]1. The van der Waals surface area contributed by atoms with Gasteiger partial charge >= 0.3 is 0 Å². The quantitative estimate of drug-likeness (QED) is 0.760. The van der Waals surface area contributed by atoms with Gasteiger partial charge in [-0.1, -0.05) is 43.3 Å². The number of rotatable bonds is 5. The Balaban J connectivity index is 1.97. The summed E-state index contributed by atoms with van der Waals surface area (Å²) in [5, 5.41) is 2.11. The number of nitrogens with zero attached hydrogens (tertiary/aromatic N) is 1. The number of aromatic amines is 1. The normalized spacial score (nSPS) is 11.9.